The summed E-state index contributed by atoms with van der Waals surface area (Å²) in [7, 11) is 0. The molecule has 2 nitrogen and oxygen atoms in total. The molecule has 2 unspecified atom stereocenters. The molecule has 2 rings (SSSR count). The summed E-state index contributed by atoms with van der Waals surface area (Å²) in [5.74, 6) is 0.384. The Labute approximate surface area is 102 Å². The van der Waals surface area contributed by atoms with E-state index in [-0.39, 0.29) is 17.6 Å². The van der Waals surface area contributed by atoms with Crippen molar-refractivity contribution in [2.45, 2.75) is 32.7 Å². The summed E-state index contributed by atoms with van der Waals surface area (Å²) >= 11 is 0. The molecule has 1 N–H and O–H groups in total. The first-order valence-corrected chi connectivity index (χ1v) is 6.30. The highest BCUT2D eigenvalue weighted by Crippen LogP contribution is 2.31. The second kappa shape index (κ2) is 5.05. The summed E-state index contributed by atoms with van der Waals surface area (Å²) in [5, 5.41) is 9.79. The van der Waals surface area contributed by atoms with Crippen molar-refractivity contribution in [1.82, 2.24) is 4.90 Å². The van der Waals surface area contributed by atoms with Gasteiger partial charge in [0.05, 0.1) is 0 Å². The van der Waals surface area contributed by atoms with Crippen LogP contribution in [0.15, 0.2) is 18.2 Å². The van der Waals surface area contributed by atoms with Gasteiger partial charge in [0.15, 0.2) is 0 Å². The van der Waals surface area contributed by atoms with Gasteiger partial charge in [-0.05, 0) is 38.3 Å². The van der Waals surface area contributed by atoms with E-state index < -0.39 is 0 Å². The van der Waals surface area contributed by atoms with Crippen molar-refractivity contribution in [3.05, 3.63) is 29.6 Å². The van der Waals surface area contributed by atoms with Crippen LogP contribution in [0.2, 0.25) is 0 Å². The van der Waals surface area contributed by atoms with Gasteiger partial charge in [-0.15, -0.1) is 0 Å². The van der Waals surface area contributed by atoms with Crippen molar-refractivity contribution < 1.29 is 9.50 Å². The van der Waals surface area contributed by atoms with E-state index in [2.05, 4.69) is 18.7 Å². The van der Waals surface area contributed by atoms with Crippen LogP contribution in [0.3, 0.4) is 0 Å². The molecule has 0 bridgehead atoms. The van der Waals surface area contributed by atoms with Crippen LogP contribution in [0.25, 0.3) is 0 Å². The van der Waals surface area contributed by atoms with Crippen molar-refractivity contribution in [3.8, 4) is 5.75 Å². The first kappa shape index (κ1) is 12.4. The molecule has 0 aliphatic carbocycles. The third-order valence-electron chi connectivity index (χ3n) is 3.68. The SMILES string of the molecule is CC1CCCN(C(C)c2ccc(F)cc2O)C1. The molecule has 94 valence electrons. The van der Waals surface area contributed by atoms with Crippen LogP contribution >= 0.6 is 0 Å². The van der Waals surface area contributed by atoms with E-state index in [1.54, 1.807) is 6.07 Å². The zero-order valence-electron chi connectivity index (χ0n) is 10.5. The highest BCUT2D eigenvalue weighted by Gasteiger charge is 2.23. The summed E-state index contributed by atoms with van der Waals surface area (Å²) in [4.78, 5) is 2.36. The molecular weight excluding hydrogens is 217 g/mol. The number of likely N-dealkylation sites (tertiary alicyclic amines) is 1. The lowest BCUT2D eigenvalue weighted by atomic mass is 9.96. The van der Waals surface area contributed by atoms with Crippen molar-refractivity contribution in [3.63, 3.8) is 0 Å². The molecule has 0 saturated carbocycles. The normalized spacial score (nSPS) is 23.6. The molecule has 1 saturated heterocycles. The number of phenolic OH excluding ortho intramolecular Hbond substituents is 1. The zero-order chi connectivity index (χ0) is 12.4. The van der Waals surface area contributed by atoms with Crippen molar-refractivity contribution >= 4 is 0 Å². The van der Waals surface area contributed by atoms with E-state index in [1.807, 2.05) is 0 Å². The molecule has 1 fully saturated rings. The van der Waals surface area contributed by atoms with Crippen LogP contribution in [0, 0.1) is 11.7 Å². The number of nitrogens with zero attached hydrogens (tertiary/aromatic N) is 1. The Kier molecular flexibility index (Phi) is 3.67. The molecule has 2 atom stereocenters. The van der Waals surface area contributed by atoms with Crippen molar-refractivity contribution in [2.75, 3.05) is 13.1 Å². The highest BCUT2D eigenvalue weighted by atomic mass is 19.1. The Morgan fingerprint density at radius 3 is 2.88 bits per heavy atom. The fraction of sp³-hybridized carbons (Fsp3) is 0.571. The molecular formula is C14H20FNO. The minimum atomic E-state index is -0.384. The van der Waals surface area contributed by atoms with Gasteiger partial charge < -0.3 is 5.11 Å². The smallest absolute Gasteiger partial charge is 0.126 e. The Morgan fingerprint density at radius 2 is 2.24 bits per heavy atom. The first-order chi connectivity index (χ1) is 8.08. The second-order valence-corrected chi connectivity index (χ2v) is 5.12. The van der Waals surface area contributed by atoms with Gasteiger partial charge >= 0.3 is 0 Å². The number of rotatable bonds is 2. The summed E-state index contributed by atoms with van der Waals surface area (Å²) < 4.78 is 12.9. The van der Waals surface area contributed by atoms with Gasteiger partial charge in [-0.25, -0.2) is 4.39 Å². The molecule has 1 aromatic rings. The fourth-order valence-electron chi connectivity index (χ4n) is 2.64. The van der Waals surface area contributed by atoms with E-state index in [9.17, 15) is 9.50 Å². The van der Waals surface area contributed by atoms with Gasteiger partial charge in [0, 0.05) is 24.2 Å². The maximum Gasteiger partial charge on any atom is 0.126 e. The van der Waals surface area contributed by atoms with Crippen molar-refractivity contribution in [1.29, 1.82) is 0 Å². The maximum atomic E-state index is 12.9. The number of benzene rings is 1. The Hall–Kier alpha value is -1.09. The average Bonchev–Trinajstić information content (AvgIpc) is 2.28. The molecule has 17 heavy (non-hydrogen) atoms. The number of aromatic hydroxyl groups is 1. The van der Waals surface area contributed by atoms with Gasteiger partial charge in [-0.1, -0.05) is 13.0 Å². The maximum absolute atomic E-state index is 12.9. The topological polar surface area (TPSA) is 23.5 Å². The number of hydrogen-bond acceptors (Lipinski definition) is 2. The lowest BCUT2D eigenvalue weighted by Gasteiger charge is -2.35. The van der Waals surface area contributed by atoms with Gasteiger partial charge in [0.1, 0.15) is 11.6 Å². The van der Waals surface area contributed by atoms with Crippen LogP contribution in [0.4, 0.5) is 4.39 Å². The summed E-state index contributed by atoms with van der Waals surface area (Å²) in [6.07, 6.45) is 2.48. The van der Waals surface area contributed by atoms with E-state index >= 15 is 0 Å². The standard InChI is InChI=1S/C14H20FNO/c1-10-4-3-7-16(9-10)11(2)13-6-5-12(15)8-14(13)17/h5-6,8,10-11,17H,3-4,7,9H2,1-2H3. The zero-order valence-corrected chi connectivity index (χ0v) is 10.5. The summed E-state index contributed by atoms with van der Waals surface area (Å²) in [6, 6.07) is 4.45. The lowest BCUT2D eigenvalue weighted by molar-refractivity contribution is 0.137. The molecule has 1 aliphatic heterocycles. The Bertz CT molecular complexity index is 394. The van der Waals surface area contributed by atoms with Crippen molar-refractivity contribution in [2.24, 2.45) is 5.92 Å². The molecule has 1 aliphatic rings. The van der Waals surface area contributed by atoms with Crippen LogP contribution in [0.5, 0.6) is 5.75 Å². The number of piperidine rings is 1. The summed E-state index contributed by atoms with van der Waals surface area (Å²) in [6.45, 7) is 6.44. The monoisotopic (exact) mass is 237 g/mol. The van der Waals surface area contributed by atoms with Crippen LogP contribution in [0.1, 0.15) is 38.3 Å². The molecule has 1 heterocycles. The van der Waals surface area contributed by atoms with E-state index in [4.69, 9.17) is 0 Å². The minimum Gasteiger partial charge on any atom is -0.508 e. The number of phenols is 1. The van der Waals surface area contributed by atoms with Crippen LogP contribution in [-0.4, -0.2) is 23.1 Å². The van der Waals surface area contributed by atoms with Gasteiger partial charge in [-0.2, -0.15) is 0 Å². The lowest BCUT2D eigenvalue weighted by Crippen LogP contribution is -2.36. The van der Waals surface area contributed by atoms with Crippen LogP contribution in [-0.2, 0) is 0 Å². The summed E-state index contributed by atoms with van der Waals surface area (Å²) in [5.41, 5.74) is 0.820. The van der Waals surface area contributed by atoms with E-state index in [0.29, 0.717) is 5.92 Å². The number of halogens is 1. The van der Waals surface area contributed by atoms with Gasteiger partial charge in [0.2, 0.25) is 0 Å². The van der Waals surface area contributed by atoms with Gasteiger partial charge in [0.25, 0.3) is 0 Å². The fourth-order valence-corrected chi connectivity index (χ4v) is 2.64. The third-order valence-corrected chi connectivity index (χ3v) is 3.68. The van der Waals surface area contributed by atoms with Gasteiger partial charge in [-0.3, -0.25) is 4.90 Å². The molecule has 3 heteroatoms. The predicted molar refractivity (Wildman–Crippen MR) is 66.5 cm³/mol. The van der Waals surface area contributed by atoms with Crippen LogP contribution < -0.4 is 0 Å². The minimum absolute atomic E-state index is 0.0655. The number of hydrogen-bond donors (Lipinski definition) is 1. The molecule has 0 spiro atoms. The quantitative estimate of drug-likeness (QED) is 0.853. The Balaban J connectivity index is 2.15. The predicted octanol–water partition coefficient (Wildman–Crippen LogP) is 3.32. The molecule has 0 radical (unpaired) electrons. The molecule has 0 amide bonds. The first-order valence-electron chi connectivity index (χ1n) is 6.30. The highest BCUT2D eigenvalue weighted by molar-refractivity contribution is 5.35. The molecule has 1 aromatic carbocycles. The average molecular weight is 237 g/mol. The Morgan fingerprint density at radius 1 is 1.47 bits per heavy atom. The largest absolute Gasteiger partial charge is 0.508 e. The third kappa shape index (κ3) is 2.78. The van der Waals surface area contributed by atoms with E-state index in [0.717, 1.165) is 18.7 Å². The van der Waals surface area contributed by atoms with E-state index in [1.165, 1.54) is 25.0 Å². The molecule has 0 aromatic heterocycles. The second-order valence-electron chi connectivity index (χ2n) is 5.12.